The van der Waals surface area contributed by atoms with Crippen molar-refractivity contribution in [2.45, 2.75) is 26.7 Å². The van der Waals surface area contributed by atoms with Crippen molar-refractivity contribution in [3.63, 3.8) is 0 Å². The van der Waals surface area contributed by atoms with Crippen LogP contribution < -0.4 is 20.6 Å². The number of carbonyl (C=O) groups is 1. The molecule has 9 nitrogen and oxygen atoms in total. The normalized spacial score (nSPS) is 11.1. The summed E-state index contributed by atoms with van der Waals surface area (Å²) >= 11 is 6.12. The highest BCUT2D eigenvalue weighted by Gasteiger charge is 2.29. The lowest BCUT2D eigenvalue weighted by Gasteiger charge is -2.18. The van der Waals surface area contributed by atoms with Gasteiger partial charge in [-0.15, -0.1) is 0 Å². The highest BCUT2D eigenvalue weighted by molar-refractivity contribution is 6.33. The van der Waals surface area contributed by atoms with E-state index in [1.807, 2.05) is 0 Å². The minimum atomic E-state index is -0.697. The molecule has 176 valence electrons. The molecule has 0 radical (unpaired) electrons. The molecule has 2 aromatic carbocycles. The van der Waals surface area contributed by atoms with E-state index in [-0.39, 0.29) is 27.5 Å². The van der Waals surface area contributed by atoms with E-state index >= 15 is 0 Å². The van der Waals surface area contributed by atoms with E-state index < -0.39 is 11.9 Å². The molecule has 4 N–H and O–H groups in total. The highest BCUT2D eigenvalue weighted by Crippen LogP contribution is 2.37. The minimum Gasteiger partial charge on any atom is -0.490 e. The molecule has 0 saturated heterocycles. The van der Waals surface area contributed by atoms with Gasteiger partial charge in [-0.2, -0.15) is 0 Å². The Labute approximate surface area is 199 Å². The molecule has 4 rings (SSSR count). The van der Waals surface area contributed by atoms with Gasteiger partial charge in [0.2, 0.25) is 0 Å². The van der Waals surface area contributed by atoms with Crippen molar-refractivity contribution in [3.05, 3.63) is 102 Å². The van der Waals surface area contributed by atoms with Crippen LogP contribution in [-0.4, -0.2) is 33.0 Å². The lowest BCUT2D eigenvalue weighted by atomic mass is 9.85. The average molecular weight is 483 g/mol. The summed E-state index contributed by atoms with van der Waals surface area (Å²) in [4.78, 5) is 38.0. The molecule has 2 aromatic heterocycles. The number of benzene rings is 2. The molecule has 10 heteroatoms. The highest BCUT2D eigenvalue weighted by atomic mass is 35.5. The third kappa shape index (κ3) is 4.29. The van der Waals surface area contributed by atoms with Crippen LogP contribution in [0.2, 0.25) is 5.02 Å². The Morgan fingerprint density at radius 1 is 0.912 bits per heavy atom. The quantitative estimate of drug-likeness (QED) is 0.235. The first kappa shape index (κ1) is 23.2. The topological polar surface area (TPSA) is 133 Å². The van der Waals surface area contributed by atoms with Gasteiger partial charge in [0.1, 0.15) is 0 Å². The molecule has 0 aliphatic carbocycles. The summed E-state index contributed by atoms with van der Waals surface area (Å²) in [5.41, 5.74) is 2.15. The molecular formula is C24H23ClN4O5. The van der Waals surface area contributed by atoms with Gasteiger partial charge in [0, 0.05) is 17.3 Å². The first-order valence-corrected chi connectivity index (χ1v) is 11.0. The maximum Gasteiger partial charge on any atom is 0.345 e. The van der Waals surface area contributed by atoms with E-state index in [0.717, 1.165) is 0 Å². The minimum absolute atomic E-state index is 0.189. The molecule has 0 aliphatic rings. The summed E-state index contributed by atoms with van der Waals surface area (Å²) < 4.78 is 11.3. The zero-order valence-electron chi connectivity index (χ0n) is 18.7. The van der Waals surface area contributed by atoms with Gasteiger partial charge in [0.15, 0.2) is 11.5 Å². The second-order valence-corrected chi connectivity index (χ2v) is 8.08. The van der Waals surface area contributed by atoms with Crippen LogP contribution in [0.5, 0.6) is 11.5 Å². The fraction of sp³-hybridized carbons (Fsp3) is 0.208. The third-order valence-electron chi connectivity index (χ3n) is 5.50. The molecule has 0 fully saturated rings. The van der Waals surface area contributed by atoms with Crippen LogP contribution in [-0.2, 0) is 0 Å². The number of hydrogen-bond acceptors (Lipinski definition) is 5. The molecule has 0 spiro atoms. The van der Waals surface area contributed by atoms with Crippen molar-refractivity contribution >= 4 is 17.6 Å². The molecular weight excluding hydrogens is 460 g/mol. The summed E-state index contributed by atoms with van der Waals surface area (Å²) in [5.74, 6) is -0.850. The average Bonchev–Trinajstić information content (AvgIpc) is 3.32. The standard InChI is InChI=1S/C24H23ClN4O5/c1-4-33-18-11-14(9-10-17(18)34-24(32)15-7-5-6-8-16(15)25)21(19-12(2)26-28-22(19)30)20-13(3)27-29-23(20)31/h5-11,21H,4H2,1-3H3,(H2,26,28,30)(H2,27,29,31). The zero-order valence-corrected chi connectivity index (χ0v) is 19.5. The van der Waals surface area contributed by atoms with Gasteiger partial charge in [0.05, 0.1) is 28.3 Å². The predicted octanol–water partition coefficient (Wildman–Crippen LogP) is 3.79. The van der Waals surface area contributed by atoms with Crippen LogP contribution in [0.1, 0.15) is 51.3 Å². The maximum absolute atomic E-state index is 12.7. The van der Waals surface area contributed by atoms with Crippen molar-refractivity contribution in [2.24, 2.45) is 0 Å². The Hall–Kier alpha value is -3.98. The van der Waals surface area contributed by atoms with Crippen molar-refractivity contribution in [1.29, 1.82) is 0 Å². The summed E-state index contributed by atoms with van der Waals surface area (Å²) in [7, 11) is 0. The second kappa shape index (κ2) is 9.48. The lowest BCUT2D eigenvalue weighted by molar-refractivity contribution is 0.0728. The number of carbonyl (C=O) groups excluding carboxylic acids is 1. The Morgan fingerprint density at radius 3 is 2.06 bits per heavy atom. The number of ether oxygens (including phenoxy) is 2. The fourth-order valence-electron chi connectivity index (χ4n) is 3.92. The number of hydrogen-bond donors (Lipinski definition) is 4. The predicted molar refractivity (Wildman–Crippen MR) is 127 cm³/mol. The van der Waals surface area contributed by atoms with Gasteiger partial charge in [0.25, 0.3) is 11.1 Å². The summed E-state index contributed by atoms with van der Waals surface area (Å²) in [5, 5.41) is 11.0. The largest absolute Gasteiger partial charge is 0.490 e. The SMILES string of the molecule is CCOc1cc(C(c2c(C)[nH][nH]c2=O)c2c(C)[nH][nH]c2=O)ccc1OC(=O)c1ccccc1Cl. The van der Waals surface area contributed by atoms with Gasteiger partial charge >= 0.3 is 5.97 Å². The van der Waals surface area contributed by atoms with E-state index in [9.17, 15) is 14.4 Å². The first-order chi connectivity index (χ1) is 16.3. The van der Waals surface area contributed by atoms with Crippen molar-refractivity contribution in [2.75, 3.05) is 6.61 Å². The third-order valence-corrected chi connectivity index (χ3v) is 5.83. The van der Waals surface area contributed by atoms with E-state index in [0.29, 0.717) is 40.4 Å². The monoisotopic (exact) mass is 482 g/mol. The number of rotatable bonds is 7. The van der Waals surface area contributed by atoms with Crippen LogP contribution in [0, 0.1) is 13.8 Å². The molecule has 0 saturated carbocycles. The van der Waals surface area contributed by atoms with Gasteiger partial charge in [-0.05, 0) is 50.6 Å². The van der Waals surface area contributed by atoms with Crippen LogP contribution in [0.3, 0.4) is 0 Å². The van der Waals surface area contributed by atoms with Gasteiger partial charge in [-0.3, -0.25) is 19.8 Å². The number of aryl methyl sites for hydroxylation is 2. The van der Waals surface area contributed by atoms with Crippen LogP contribution in [0.4, 0.5) is 0 Å². The fourth-order valence-corrected chi connectivity index (χ4v) is 4.14. The van der Waals surface area contributed by atoms with Crippen molar-refractivity contribution < 1.29 is 14.3 Å². The Balaban J connectivity index is 1.82. The van der Waals surface area contributed by atoms with Crippen LogP contribution in [0.25, 0.3) is 0 Å². The van der Waals surface area contributed by atoms with E-state index in [1.54, 1.807) is 63.2 Å². The molecule has 0 aliphatic heterocycles. The Kier molecular flexibility index (Phi) is 6.47. The van der Waals surface area contributed by atoms with Gasteiger partial charge < -0.3 is 19.7 Å². The first-order valence-electron chi connectivity index (χ1n) is 10.6. The number of esters is 1. The van der Waals surface area contributed by atoms with Crippen molar-refractivity contribution in [1.82, 2.24) is 20.4 Å². The number of H-pyrrole nitrogens is 4. The molecule has 2 heterocycles. The van der Waals surface area contributed by atoms with E-state index in [4.69, 9.17) is 21.1 Å². The maximum atomic E-state index is 12.7. The summed E-state index contributed by atoms with van der Waals surface area (Å²) in [6.45, 7) is 5.60. The molecule has 0 atom stereocenters. The van der Waals surface area contributed by atoms with Crippen LogP contribution in [0.15, 0.2) is 52.1 Å². The van der Waals surface area contributed by atoms with E-state index in [1.165, 1.54) is 0 Å². The number of nitrogens with one attached hydrogen (secondary N) is 4. The summed E-state index contributed by atoms with van der Waals surface area (Å²) in [6, 6.07) is 11.5. The smallest absolute Gasteiger partial charge is 0.345 e. The number of halogens is 1. The Morgan fingerprint density at radius 2 is 1.53 bits per heavy atom. The second-order valence-electron chi connectivity index (χ2n) is 7.68. The number of aromatic nitrogens is 4. The zero-order chi connectivity index (χ0) is 24.4. The lowest BCUT2D eigenvalue weighted by Crippen LogP contribution is -2.20. The molecule has 34 heavy (non-hydrogen) atoms. The molecule has 0 unspecified atom stereocenters. The van der Waals surface area contributed by atoms with Crippen LogP contribution >= 0.6 is 11.6 Å². The van der Waals surface area contributed by atoms with Crippen molar-refractivity contribution in [3.8, 4) is 11.5 Å². The van der Waals surface area contributed by atoms with Gasteiger partial charge in [-0.25, -0.2) is 4.79 Å². The Bertz CT molecular complexity index is 1410. The molecule has 0 amide bonds. The van der Waals surface area contributed by atoms with Gasteiger partial charge in [-0.1, -0.05) is 29.8 Å². The van der Waals surface area contributed by atoms with E-state index in [2.05, 4.69) is 20.4 Å². The molecule has 4 aromatic rings. The number of aromatic amines is 4. The molecule has 0 bridgehead atoms. The summed E-state index contributed by atoms with van der Waals surface area (Å²) in [6.07, 6.45) is 0.